The summed E-state index contributed by atoms with van der Waals surface area (Å²) in [6.07, 6.45) is 4.75. The lowest BCUT2D eigenvalue weighted by atomic mass is 9.90. The normalized spacial score (nSPS) is 13.8. The molecular weight excluding hydrogens is 352 g/mol. The maximum absolute atomic E-state index is 12.4. The lowest BCUT2D eigenvalue weighted by Crippen LogP contribution is -2.17. The number of nitrogens with one attached hydrogen (secondary N) is 1. The molecule has 0 aliphatic heterocycles. The van der Waals surface area contributed by atoms with Crippen molar-refractivity contribution >= 4 is 21.6 Å². The average molecular weight is 374 g/mol. The van der Waals surface area contributed by atoms with Crippen LogP contribution in [0.3, 0.4) is 0 Å². The fraction of sp³-hybridized carbons (Fsp3) is 0.316. The minimum atomic E-state index is -3.86. The van der Waals surface area contributed by atoms with Gasteiger partial charge in [0.15, 0.2) is 0 Å². The van der Waals surface area contributed by atoms with E-state index >= 15 is 0 Å². The molecule has 3 rings (SSSR count). The molecule has 7 heteroatoms. The van der Waals surface area contributed by atoms with Crippen LogP contribution in [-0.4, -0.2) is 21.4 Å². The van der Waals surface area contributed by atoms with Gasteiger partial charge in [-0.15, -0.1) is 0 Å². The van der Waals surface area contributed by atoms with Crippen molar-refractivity contribution in [3.63, 3.8) is 0 Å². The van der Waals surface area contributed by atoms with Crippen LogP contribution in [0.15, 0.2) is 41.3 Å². The molecule has 2 aromatic rings. The van der Waals surface area contributed by atoms with E-state index in [9.17, 15) is 13.2 Å². The maximum Gasteiger partial charge on any atom is 0.238 e. The van der Waals surface area contributed by atoms with Gasteiger partial charge in [-0.1, -0.05) is 18.2 Å². The van der Waals surface area contributed by atoms with Gasteiger partial charge in [0, 0.05) is 0 Å². The van der Waals surface area contributed by atoms with Crippen molar-refractivity contribution in [2.75, 3.05) is 12.4 Å². The number of anilines is 1. The SMILES string of the molecule is COc1ccc(S(N)(=O)=O)cc1NC(=O)Cc1ccc2c(c1)CCCC2. The van der Waals surface area contributed by atoms with Crippen LogP contribution in [0, 0.1) is 0 Å². The smallest absolute Gasteiger partial charge is 0.238 e. The van der Waals surface area contributed by atoms with Gasteiger partial charge in [-0.25, -0.2) is 13.6 Å². The standard InChI is InChI=1S/C19H22N2O4S/c1-25-18-9-8-16(26(20,23)24)12-17(18)21-19(22)11-13-6-7-14-4-2-3-5-15(14)10-13/h6-10,12H,2-5,11H2,1H3,(H,21,22)(H2,20,23,24). The van der Waals surface area contributed by atoms with Gasteiger partial charge < -0.3 is 10.1 Å². The number of nitrogens with two attached hydrogens (primary N) is 1. The summed E-state index contributed by atoms with van der Waals surface area (Å²) < 4.78 is 28.2. The molecule has 0 saturated heterocycles. The predicted octanol–water partition coefficient (Wildman–Crippen LogP) is 2.40. The molecule has 26 heavy (non-hydrogen) atoms. The molecule has 0 heterocycles. The van der Waals surface area contributed by atoms with Gasteiger partial charge in [-0.2, -0.15) is 0 Å². The summed E-state index contributed by atoms with van der Waals surface area (Å²) in [7, 11) is -2.41. The third-order valence-corrected chi connectivity index (χ3v) is 5.46. The van der Waals surface area contributed by atoms with Gasteiger partial charge >= 0.3 is 0 Å². The minimum Gasteiger partial charge on any atom is -0.495 e. The average Bonchev–Trinajstić information content (AvgIpc) is 2.60. The summed E-state index contributed by atoms with van der Waals surface area (Å²) in [4.78, 5) is 12.4. The fourth-order valence-electron chi connectivity index (χ4n) is 3.24. The highest BCUT2D eigenvalue weighted by atomic mass is 32.2. The summed E-state index contributed by atoms with van der Waals surface area (Å²) in [6, 6.07) is 10.3. The van der Waals surface area contributed by atoms with Crippen molar-refractivity contribution in [2.45, 2.75) is 37.0 Å². The van der Waals surface area contributed by atoms with E-state index in [0.29, 0.717) is 5.75 Å². The van der Waals surface area contributed by atoms with Crippen molar-refractivity contribution < 1.29 is 17.9 Å². The maximum atomic E-state index is 12.4. The van der Waals surface area contributed by atoms with Crippen molar-refractivity contribution in [3.05, 3.63) is 53.1 Å². The molecule has 0 bridgehead atoms. The molecule has 0 unspecified atom stereocenters. The first-order chi connectivity index (χ1) is 12.4. The van der Waals surface area contributed by atoms with Crippen LogP contribution in [-0.2, 0) is 34.1 Å². The molecule has 0 atom stereocenters. The number of carbonyl (C=O) groups excluding carboxylic acids is 1. The summed E-state index contributed by atoms with van der Waals surface area (Å²) in [5, 5.41) is 7.87. The molecular formula is C19H22N2O4S. The zero-order valence-electron chi connectivity index (χ0n) is 14.6. The number of sulfonamides is 1. The number of ether oxygens (including phenoxy) is 1. The highest BCUT2D eigenvalue weighted by molar-refractivity contribution is 7.89. The van der Waals surface area contributed by atoms with Crippen molar-refractivity contribution in [1.29, 1.82) is 0 Å². The molecule has 0 saturated carbocycles. The van der Waals surface area contributed by atoms with E-state index in [4.69, 9.17) is 9.88 Å². The van der Waals surface area contributed by atoms with Gasteiger partial charge in [-0.3, -0.25) is 4.79 Å². The van der Waals surface area contributed by atoms with E-state index < -0.39 is 10.0 Å². The molecule has 138 valence electrons. The van der Waals surface area contributed by atoms with Gasteiger partial charge in [-0.05, 0) is 60.6 Å². The van der Waals surface area contributed by atoms with E-state index in [1.54, 1.807) is 0 Å². The molecule has 0 aromatic heterocycles. The van der Waals surface area contributed by atoms with Crippen LogP contribution in [0.2, 0.25) is 0 Å². The second-order valence-corrected chi connectivity index (χ2v) is 8.00. The quantitative estimate of drug-likeness (QED) is 0.839. The number of methoxy groups -OCH3 is 1. The second kappa shape index (κ2) is 7.47. The lowest BCUT2D eigenvalue weighted by Gasteiger charge is -2.16. The summed E-state index contributed by atoms with van der Waals surface area (Å²) in [5.74, 6) is 0.127. The Morgan fingerprint density at radius 1 is 1.12 bits per heavy atom. The molecule has 1 aliphatic rings. The molecule has 2 aromatic carbocycles. The van der Waals surface area contributed by atoms with Crippen molar-refractivity contribution in [2.24, 2.45) is 5.14 Å². The van der Waals surface area contributed by atoms with Crippen LogP contribution in [0.4, 0.5) is 5.69 Å². The number of primary sulfonamides is 1. The van der Waals surface area contributed by atoms with Crippen molar-refractivity contribution in [1.82, 2.24) is 0 Å². The molecule has 0 spiro atoms. The summed E-state index contributed by atoms with van der Waals surface area (Å²) in [5.41, 5.74) is 3.89. The molecule has 0 fully saturated rings. The van der Waals surface area contributed by atoms with Gasteiger partial charge in [0.1, 0.15) is 5.75 Å². The first-order valence-corrected chi connectivity index (χ1v) is 10.0. The second-order valence-electron chi connectivity index (χ2n) is 6.44. The monoisotopic (exact) mass is 374 g/mol. The molecule has 1 aliphatic carbocycles. The Kier molecular flexibility index (Phi) is 5.29. The van der Waals surface area contributed by atoms with E-state index in [1.807, 2.05) is 6.07 Å². The zero-order valence-corrected chi connectivity index (χ0v) is 15.4. The summed E-state index contributed by atoms with van der Waals surface area (Å²) >= 11 is 0. The van der Waals surface area contributed by atoms with Crippen LogP contribution in [0.25, 0.3) is 0 Å². The number of hydrogen-bond donors (Lipinski definition) is 2. The molecule has 3 N–H and O–H groups in total. The van der Waals surface area contributed by atoms with Crippen LogP contribution in [0.5, 0.6) is 5.75 Å². The largest absolute Gasteiger partial charge is 0.495 e. The predicted molar refractivity (Wildman–Crippen MR) is 99.8 cm³/mol. The Labute approximate surface area is 153 Å². The number of amides is 1. The Morgan fingerprint density at radius 3 is 2.54 bits per heavy atom. The van der Waals surface area contributed by atoms with E-state index in [2.05, 4.69) is 17.4 Å². The zero-order chi connectivity index (χ0) is 18.7. The number of rotatable bonds is 5. The number of aryl methyl sites for hydroxylation is 2. The number of fused-ring (bicyclic) bond motifs is 1. The number of hydrogen-bond acceptors (Lipinski definition) is 4. The van der Waals surface area contributed by atoms with Gasteiger partial charge in [0.05, 0.1) is 24.1 Å². The molecule has 0 radical (unpaired) electrons. The van der Waals surface area contributed by atoms with Crippen LogP contribution in [0.1, 0.15) is 29.5 Å². The van der Waals surface area contributed by atoms with Crippen LogP contribution >= 0.6 is 0 Å². The van der Waals surface area contributed by atoms with E-state index in [0.717, 1.165) is 18.4 Å². The third kappa shape index (κ3) is 4.23. The highest BCUT2D eigenvalue weighted by Crippen LogP contribution is 2.27. The number of carbonyl (C=O) groups is 1. The van der Waals surface area contributed by atoms with E-state index in [1.165, 1.54) is 49.3 Å². The molecule has 1 amide bonds. The Balaban J connectivity index is 1.77. The highest BCUT2D eigenvalue weighted by Gasteiger charge is 2.15. The first-order valence-electron chi connectivity index (χ1n) is 8.48. The molecule has 6 nitrogen and oxygen atoms in total. The van der Waals surface area contributed by atoms with Gasteiger partial charge in [0.2, 0.25) is 15.9 Å². The van der Waals surface area contributed by atoms with Crippen molar-refractivity contribution in [3.8, 4) is 5.75 Å². The summed E-state index contributed by atoms with van der Waals surface area (Å²) in [6.45, 7) is 0. The lowest BCUT2D eigenvalue weighted by molar-refractivity contribution is -0.115. The van der Waals surface area contributed by atoms with Crippen LogP contribution < -0.4 is 15.2 Å². The Hall–Kier alpha value is -2.38. The first kappa shape index (κ1) is 18.4. The minimum absolute atomic E-state index is 0.0811. The third-order valence-electron chi connectivity index (χ3n) is 4.55. The topological polar surface area (TPSA) is 98.5 Å². The van der Waals surface area contributed by atoms with E-state index in [-0.39, 0.29) is 22.9 Å². The fourth-order valence-corrected chi connectivity index (χ4v) is 3.78. The Morgan fingerprint density at radius 2 is 1.85 bits per heavy atom. The number of benzene rings is 2. The van der Waals surface area contributed by atoms with Gasteiger partial charge in [0.25, 0.3) is 0 Å². The Bertz CT molecular complexity index is 939.